The van der Waals surface area contributed by atoms with Gasteiger partial charge >= 0.3 is 6.09 Å². The number of ether oxygens (including phenoxy) is 2. The Balaban J connectivity index is 1.56. The fraction of sp³-hybridized carbons (Fsp3) is 0.458. The van der Waals surface area contributed by atoms with E-state index >= 15 is 0 Å². The lowest BCUT2D eigenvalue weighted by Gasteiger charge is -2.39. The normalized spacial score (nSPS) is 19.6. The first kappa shape index (κ1) is 22.4. The Kier molecular flexibility index (Phi) is 6.53. The van der Waals surface area contributed by atoms with Crippen LogP contribution in [0.3, 0.4) is 0 Å². The standard InChI is InChI=1S/C24H30FN3O4/c1-24(2)15-22(16-11-17(25)13-18(12-16)28-6-9-31-10-7-28)27-21-4-3-19(14-20(21)24)32-23(30)26-5-8-29/h3-4,11-14,22,27,29H,5-10,15H2,1-2H3,(H,26,30). The number of carbonyl (C=O) groups is 1. The summed E-state index contributed by atoms with van der Waals surface area (Å²) < 4.78 is 25.3. The van der Waals surface area contributed by atoms with Gasteiger partial charge in [-0.15, -0.1) is 0 Å². The summed E-state index contributed by atoms with van der Waals surface area (Å²) in [6.07, 6.45) is 0.153. The number of hydrogen-bond acceptors (Lipinski definition) is 6. The highest BCUT2D eigenvalue weighted by Gasteiger charge is 2.34. The van der Waals surface area contributed by atoms with E-state index in [0.29, 0.717) is 19.0 Å². The Hall–Kier alpha value is -2.84. The van der Waals surface area contributed by atoms with E-state index in [4.69, 9.17) is 14.6 Å². The number of aliphatic hydroxyl groups is 1. The molecule has 0 bridgehead atoms. The summed E-state index contributed by atoms with van der Waals surface area (Å²) in [7, 11) is 0. The van der Waals surface area contributed by atoms with Crippen LogP contribution in [-0.4, -0.2) is 50.7 Å². The second-order valence-electron chi connectivity index (χ2n) is 8.87. The van der Waals surface area contributed by atoms with Crippen LogP contribution in [0, 0.1) is 5.82 Å². The summed E-state index contributed by atoms with van der Waals surface area (Å²) in [6.45, 7) is 7.07. The molecule has 1 amide bonds. The number of halogens is 1. The highest BCUT2D eigenvalue weighted by molar-refractivity contribution is 5.71. The molecule has 2 aliphatic rings. The molecule has 2 aromatic carbocycles. The fourth-order valence-corrected chi connectivity index (χ4v) is 4.44. The Morgan fingerprint density at radius 3 is 2.81 bits per heavy atom. The first-order valence-corrected chi connectivity index (χ1v) is 11.0. The largest absolute Gasteiger partial charge is 0.412 e. The number of rotatable bonds is 5. The molecule has 2 aliphatic heterocycles. The van der Waals surface area contributed by atoms with Crippen LogP contribution in [0.15, 0.2) is 36.4 Å². The minimum absolute atomic E-state index is 0.0485. The number of anilines is 2. The monoisotopic (exact) mass is 443 g/mol. The van der Waals surface area contributed by atoms with Crippen LogP contribution in [0.4, 0.5) is 20.6 Å². The topological polar surface area (TPSA) is 83.1 Å². The van der Waals surface area contributed by atoms with Crippen LogP contribution in [0.5, 0.6) is 5.75 Å². The zero-order valence-electron chi connectivity index (χ0n) is 18.5. The van der Waals surface area contributed by atoms with Crippen LogP contribution >= 0.6 is 0 Å². The van der Waals surface area contributed by atoms with E-state index in [9.17, 15) is 9.18 Å². The molecule has 0 spiro atoms. The van der Waals surface area contributed by atoms with Crippen LogP contribution in [-0.2, 0) is 10.2 Å². The van der Waals surface area contributed by atoms with Crippen molar-refractivity contribution < 1.29 is 23.8 Å². The van der Waals surface area contributed by atoms with Crippen molar-refractivity contribution in [2.75, 3.05) is 49.7 Å². The van der Waals surface area contributed by atoms with Gasteiger partial charge in [0, 0.05) is 31.0 Å². The smallest absolute Gasteiger partial charge is 0.410 e. The van der Waals surface area contributed by atoms with Crippen molar-refractivity contribution in [2.45, 2.75) is 31.7 Å². The third kappa shape index (κ3) is 4.97. The van der Waals surface area contributed by atoms with E-state index in [1.165, 1.54) is 0 Å². The van der Waals surface area contributed by atoms with Gasteiger partial charge in [0.15, 0.2) is 0 Å². The van der Waals surface area contributed by atoms with Crippen molar-refractivity contribution in [3.05, 3.63) is 53.3 Å². The van der Waals surface area contributed by atoms with Crippen molar-refractivity contribution in [3.8, 4) is 5.75 Å². The summed E-state index contributed by atoms with van der Waals surface area (Å²) in [6, 6.07) is 10.7. The van der Waals surface area contributed by atoms with Gasteiger partial charge in [0.2, 0.25) is 0 Å². The van der Waals surface area contributed by atoms with Gasteiger partial charge in [-0.1, -0.05) is 13.8 Å². The van der Waals surface area contributed by atoms with Crippen molar-refractivity contribution in [2.24, 2.45) is 0 Å². The van der Waals surface area contributed by atoms with Gasteiger partial charge in [-0.2, -0.15) is 0 Å². The van der Waals surface area contributed by atoms with Crippen molar-refractivity contribution in [1.29, 1.82) is 0 Å². The predicted octanol–water partition coefficient (Wildman–Crippen LogP) is 3.58. The average Bonchev–Trinajstić information content (AvgIpc) is 2.78. The van der Waals surface area contributed by atoms with Crippen molar-refractivity contribution in [1.82, 2.24) is 5.32 Å². The minimum atomic E-state index is -0.603. The molecule has 1 saturated heterocycles. The molecule has 0 aliphatic carbocycles. The lowest BCUT2D eigenvalue weighted by Crippen LogP contribution is -2.36. The first-order valence-electron chi connectivity index (χ1n) is 11.0. The molecule has 1 fully saturated rings. The summed E-state index contributed by atoms with van der Waals surface area (Å²) in [5.41, 5.74) is 3.54. The molecule has 0 saturated carbocycles. The third-order valence-electron chi connectivity index (χ3n) is 6.04. The SMILES string of the molecule is CC1(C)CC(c2cc(F)cc(N3CCOCC3)c2)Nc2ccc(OC(=O)NCCO)cc21. The number of nitrogens with zero attached hydrogens (tertiary/aromatic N) is 1. The molecule has 3 N–H and O–H groups in total. The Morgan fingerprint density at radius 2 is 2.06 bits per heavy atom. The first-order chi connectivity index (χ1) is 15.4. The van der Waals surface area contributed by atoms with E-state index in [1.54, 1.807) is 18.2 Å². The molecule has 172 valence electrons. The summed E-state index contributed by atoms with van der Waals surface area (Å²) in [4.78, 5) is 14.0. The molecule has 1 unspecified atom stereocenters. The highest BCUT2D eigenvalue weighted by Crippen LogP contribution is 2.45. The number of aliphatic hydroxyl groups excluding tert-OH is 1. The zero-order valence-corrected chi connectivity index (χ0v) is 18.5. The van der Waals surface area contributed by atoms with Gasteiger partial charge in [0.1, 0.15) is 11.6 Å². The molecule has 4 rings (SSSR count). The van der Waals surface area contributed by atoms with Gasteiger partial charge in [0.05, 0.1) is 25.9 Å². The predicted molar refractivity (Wildman–Crippen MR) is 121 cm³/mol. The molecule has 1 atom stereocenters. The van der Waals surface area contributed by atoms with Gasteiger partial charge in [-0.3, -0.25) is 0 Å². The van der Waals surface area contributed by atoms with Crippen molar-refractivity contribution in [3.63, 3.8) is 0 Å². The molecular formula is C24H30FN3O4. The van der Waals surface area contributed by atoms with Gasteiger partial charge in [0.25, 0.3) is 0 Å². The Labute approximate surface area is 187 Å². The van der Waals surface area contributed by atoms with Crippen LogP contribution in [0.2, 0.25) is 0 Å². The van der Waals surface area contributed by atoms with Gasteiger partial charge in [-0.05, 0) is 59.4 Å². The maximum absolute atomic E-state index is 14.5. The maximum Gasteiger partial charge on any atom is 0.412 e. The van der Waals surface area contributed by atoms with Crippen LogP contribution in [0.25, 0.3) is 0 Å². The summed E-state index contributed by atoms with van der Waals surface area (Å²) in [5.74, 6) is 0.194. The number of morpholine rings is 1. The number of carbonyl (C=O) groups excluding carboxylic acids is 1. The molecular weight excluding hydrogens is 413 g/mol. The maximum atomic E-state index is 14.5. The van der Waals surface area contributed by atoms with E-state index in [-0.39, 0.29) is 30.4 Å². The van der Waals surface area contributed by atoms with Gasteiger partial charge in [-0.25, -0.2) is 9.18 Å². The average molecular weight is 444 g/mol. The molecule has 8 heteroatoms. The summed E-state index contributed by atoms with van der Waals surface area (Å²) in [5, 5.41) is 14.8. The van der Waals surface area contributed by atoms with Crippen molar-refractivity contribution >= 4 is 17.5 Å². The lowest BCUT2D eigenvalue weighted by atomic mass is 9.74. The Bertz CT molecular complexity index is 976. The molecule has 0 aromatic heterocycles. The molecule has 0 radical (unpaired) electrons. The fourth-order valence-electron chi connectivity index (χ4n) is 4.44. The quantitative estimate of drug-likeness (QED) is 0.655. The molecule has 2 heterocycles. The number of amides is 1. The minimum Gasteiger partial charge on any atom is -0.410 e. The van der Waals surface area contributed by atoms with E-state index in [2.05, 4.69) is 35.4 Å². The van der Waals surface area contributed by atoms with Crippen LogP contribution < -0.4 is 20.3 Å². The zero-order chi connectivity index (χ0) is 22.7. The lowest BCUT2D eigenvalue weighted by molar-refractivity contribution is 0.122. The van der Waals surface area contributed by atoms with E-state index < -0.39 is 6.09 Å². The Morgan fingerprint density at radius 1 is 1.28 bits per heavy atom. The molecule has 32 heavy (non-hydrogen) atoms. The second-order valence-corrected chi connectivity index (χ2v) is 8.87. The van der Waals surface area contributed by atoms with Gasteiger partial charge < -0.3 is 30.1 Å². The number of benzene rings is 2. The van der Waals surface area contributed by atoms with Crippen LogP contribution in [0.1, 0.15) is 37.4 Å². The highest BCUT2D eigenvalue weighted by atomic mass is 19.1. The molecule has 2 aromatic rings. The van der Waals surface area contributed by atoms with E-state index in [1.807, 2.05) is 12.1 Å². The number of hydrogen-bond donors (Lipinski definition) is 3. The molecule has 7 nitrogen and oxygen atoms in total. The number of fused-ring (bicyclic) bond motifs is 1. The second kappa shape index (κ2) is 9.34. The van der Waals surface area contributed by atoms with E-state index in [0.717, 1.165) is 42.0 Å². The summed E-state index contributed by atoms with van der Waals surface area (Å²) >= 11 is 0. The third-order valence-corrected chi connectivity index (χ3v) is 6.04. The number of nitrogens with one attached hydrogen (secondary N) is 2.